The smallest absolute Gasteiger partial charge is 0.348 e. The quantitative estimate of drug-likeness (QED) is 0.625. The molecule has 0 aromatic heterocycles. The van der Waals surface area contributed by atoms with E-state index in [1.165, 1.54) is 0 Å². The third-order valence-corrected chi connectivity index (χ3v) is 1.61. The fourth-order valence-electron chi connectivity index (χ4n) is 0.938. The summed E-state index contributed by atoms with van der Waals surface area (Å²) in [5.74, 6) is -1.68. The molecule has 0 bridgehead atoms. The monoisotopic (exact) mass is 209 g/mol. The summed E-state index contributed by atoms with van der Waals surface area (Å²) in [4.78, 5) is 23.3. The van der Waals surface area contributed by atoms with Crippen molar-refractivity contribution in [2.45, 2.75) is 38.5 Å². The van der Waals surface area contributed by atoms with Crippen molar-refractivity contribution >= 4 is 11.9 Å². The summed E-state index contributed by atoms with van der Waals surface area (Å²) in [5, 5.41) is 8.27. The topological polar surface area (TPSA) is 98.6 Å². The summed E-state index contributed by atoms with van der Waals surface area (Å²) in [6.45, 7) is 0. The summed E-state index contributed by atoms with van der Waals surface area (Å²) < 4.78 is 11.1. The van der Waals surface area contributed by atoms with Gasteiger partial charge in [0, 0.05) is 17.4 Å². The standard InChI is InChI=1S/C8H13FO4.H3N/c9-13-8(12)6-4-2-1-3-5-7(10)11;/h1-6H2,(H,10,11);1H3. The summed E-state index contributed by atoms with van der Waals surface area (Å²) in [7, 11) is 0. The Morgan fingerprint density at radius 2 is 1.57 bits per heavy atom. The minimum absolute atomic E-state index is 0. The maximum Gasteiger partial charge on any atom is 0.348 e. The summed E-state index contributed by atoms with van der Waals surface area (Å²) in [6, 6.07) is 0. The van der Waals surface area contributed by atoms with Crippen LogP contribution < -0.4 is 6.15 Å². The van der Waals surface area contributed by atoms with Crippen molar-refractivity contribution in [2.75, 3.05) is 0 Å². The van der Waals surface area contributed by atoms with Gasteiger partial charge in [-0.05, 0) is 12.8 Å². The van der Waals surface area contributed by atoms with Crippen molar-refractivity contribution < 1.29 is 24.2 Å². The number of unbranched alkanes of at least 4 members (excludes halogenated alkanes) is 3. The molecule has 84 valence electrons. The molecular formula is C8H16FNO4. The Kier molecular flexibility index (Phi) is 10.8. The van der Waals surface area contributed by atoms with Gasteiger partial charge in [0.1, 0.15) is 0 Å². The Morgan fingerprint density at radius 1 is 1.07 bits per heavy atom. The van der Waals surface area contributed by atoms with Crippen LogP contribution in [0.1, 0.15) is 38.5 Å². The Bertz CT molecular complexity index is 175. The lowest BCUT2D eigenvalue weighted by Crippen LogP contribution is -1.97. The number of carboxylic acid groups (broad SMARTS) is 1. The molecule has 0 spiro atoms. The van der Waals surface area contributed by atoms with Crippen molar-refractivity contribution in [1.29, 1.82) is 0 Å². The minimum Gasteiger partial charge on any atom is -0.481 e. The number of carbonyl (C=O) groups is 2. The molecule has 0 saturated heterocycles. The van der Waals surface area contributed by atoms with Crippen LogP contribution in [-0.2, 0) is 14.5 Å². The molecule has 0 aromatic rings. The number of rotatable bonds is 7. The molecule has 0 saturated carbocycles. The highest BCUT2D eigenvalue weighted by molar-refractivity contribution is 5.68. The predicted molar refractivity (Wildman–Crippen MR) is 47.6 cm³/mol. The van der Waals surface area contributed by atoms with Crippen LogP contribution in [0.2, 0.25) is 0 Å². The van der Waals surface area contributed by atoms with Crippen LogP contribution in [0.3, 0.4) is 0 Å². The third-order valence-electron chi connectivity index (χ3n) is 1.61. The van der Waals surface area contributed by atoms with Gasteiger partial charge in [0.15, 0.2) is 0 Å². The van der Waals surface area contributed by atoms with Crippen LogP contribution >= 0.6 is 0 Å². The molecule has 6 heteroatoms. The fraction of sp³-hybridized carbons (Fsp3) is 0.750. The van der Waals surface area contributed by atoms with E-state index in [-0.39, 0.29) is 19.0 Å². The van der Waals surface area contributed by atoms with Gasteiger partial charge in [0.25, 0.3) is 0 Å². The van der Waals surface area contributed by atoms with Crippen LogP contribution in [0.5, 0.6) is 0 Å². The molecule has 0 aliphatic carbocycles. The van der Waals surface area contributed by atoms with E-state index < -0.39 is 11.9 Å². The van der Waals surface area contributed by atoms with Gasteiger partial charge in [-0.15, -0.1) is 0 Å². The minimum atomic E-state index is -0.863. The first-order valence-corrected chi connectivity index (χ1v) is 4.20. The second-order valence-electron chi connectivity index (χ2n) is 2.76. The molecule has 14 heavy (non-hydrogen) atoms. The van der Waals surface area contributed by atoms with Crippen molar-refractivity contribution in [2.24, 2.45) is 0 Å². The zero-order valence-corrected chi connectivity index (χ0v) is 8.00. The SMILES string of the molecule is N.O=C(O)CCCCCCC(=O)OF. The van der Waals surface area contributed by atoms with Crippen molar-refractivity contribution in [3.63, 3.8) is 0 Å². The number of carboxylic acids is 1. The van der Waals surface area contributed by atoms with E-state index in [1.54, 1.807) is 0 Å². The van der Waals surface area contributed by atoms with Crippen molar-refractivity contribution in [1.82, 2.24) is 6.15 Å². The highest BCUT2D eigenvalue weighted by atomic mass is 19.3. The second-order valence-corrected chi connectivity index (χ2v) is 2.76. The van der Waals surface area contributed by atoms with Gasteiger partial charge in [-0.25, -0.2) is 4.79 Å². The van der Waals surface area contributed by atoms with Crippen molar-refractivity contribution in [3.8, 4) is 0 Å². The van der Waals surface area contributed by atoms with Gasteiger partial charge < -0.3 is 11.3 Å². The van der Waals surface area contributed by atoms with Gasteiger partial charge in [-0.1, -0.05) is 12.8 Å². The summed E-state index contributed by atoms with van der Waals surface area (Å²) in [6.07, 6.45) is 2.81. The highest BCUT2D eigenvalue weighted by Crippen LogP contribution is 2.06. The molecule has 0 radical (unpaired) electrons. The molecule has 0 atom stereocenters. The van der Waals surface area contributed by atoms with Gasteiger partial charge in [-0.2, -0.15) is 0 Å². The molecule has 0 aliphatic rings. The number of hydrogen-bond acceptors (Lipinski definition) is 4. The molecular weight excluding hydrogens is 193 g/mol. The first-order chi connectivity index (χ1) is 6.16. The zero-order valence-electron chi connectivity index (χ0n) is 8.00. The fourth-order valence-corrected chi connectivity index (χ4v) is 0.938. The maximum atomic E-state index is 11.1. The predicted octanol–water partition coefficient (Wildman–Crippen LogP) is 2.00. The molecule has 5 nitrogen and oxygen atoms in total. The first-order valence-electron chi connectivity index (χ1n) is 4.20. The normalized spacial score (nSPS) is 8.93. The number of carbonyl (C=O) groups excluding carboxylic acids is 1. The number of halogens is 1. The van der Waals surface area contributed by atoms with Crippen LogP contribution in [-0.4, -0.2) is 17.0 Å². The largest absolute Gasteiger partial charge is 0.481 e. The zero-order chi connectivity index (χ0) is 10.1. The van der Waals surface area contributed by atoms with Gasteiger partial charge >= 0.3 is 11.9 Å². The summed E-state index contributed by atoms with van der Waals surface area (Å²) in [5.41, 5.74) is 0. The molecule has 0 aromatic carbocycles. The lowest BCUT2D eigenvalue weighted by atomic mass is 10.1. The molecule has 0 fully saturated rings. The Balaban J connectivity index is 0. The lowest BCUT2D eigenvalue weighted by Gasteiger charge is -1.96. The van der Waals surface area contributed by atoms with Gasteiger partial charge in [0.05, 0.1) is 0 Å². The van der Waals surface area contributed by atoms with Crippen LogP contribution in [0.25, 0.3) is 0 Å². The Morgan fingerprint density at radius 3 is 2.00 bits per heavy atom. The molecule has 0 unspecified atom stereocenters. The number of aliphatic carboxylic acids is 1. The second kappa shape index (κ2) is 9.91. The van der Waals surface area contributed by atoms with E-state index in [9.17, 15) is 14.1 Å². The maximum absolute atomic E-state index is 11.1. The Hall–Kier alpha value is -1.17. The van der Waals surface area contributed by atoms with Crippen LogP contribution in [0.15, 0.2) is 0 Å². The average molecular weight is 209 g/mol. The van der Waals surface area contributed by atoms with E-state index in [1.807, 2.05) is 0 Å². The molecule has 0 amide bonds. The molecule has 4 N–H and O–H groups in total. The van der Waals surface area contributed by atoms with Gasteiger partial charge in [-0.3, -0.25) is 9.74 Å². The van der Waals surface area contributed by atoms with Crippen molar-refractivity contribution in [3.05, 3.63) is 0 Å². The van der Waals surface area contributed by atoms with Crippen LogP contribution in [0, 0.1) is 0 Å². The average Bonchev–Trinajstić information content (AvgIpc) is 2.10. The van der Waals surface area contributed by atoms with E-state index in [0.717, 1.165) is 12.8 Å². The van der Waals surface area contributed by atoms with E-state index >= 15 is 0 Å². The Labute approximate surface area is 81.7 Å². The summed E-state index contributed by atoms with van der Waals surface area (Å²) >= 11 is 0. The third kappa shape index (κ3) is 10.8. The molecule has 0 rings (SSSR count). The van der Waals surface area contributed by atoms with E-state index in [2.05, 4.69) is 4.94 Å². The van der Waals surface area contributed by atoms with Gasteiger partial charge in [0.2, 0.25) is 0 Å². The first kappa shape index (κ1) is 15.3. The van der Waals surface area contributed by atoms with Crippen LogP contribution in [0.4, 0.5) is 4.53 Å². The molecule has 0 heterocycles. The van der Waals surface area contributed by atoms with E-state index in [0.29, 0.717) is 12.8 Å². The highest BCUT2D eigenvalue weighted by Gasteiger charge is 2.02. The number of hydrogen-bond donors (Lipinski definition) is 2. The van der Waals surface area contributed by atoms with E-state index in [4.69, 9.17) is 5.11 Å². The lowest BCUT2D eigenvalue weighted by molar-refractivity contribution is -0.183. The molecule has 0 aliphatic heterocycles.